The van der Waals surface area contributed by atoms with Crippen LogP contribution in [0.15, 0.2) is 34.4 Å². The molecule has 1 aromatic carbocycles. The molecule has 0 saturated carbocycles. The number of nitrogens with zero attached hydrogens (tertiary/aromatic N) is 1. The normalized spacial score (nSPS) is 13.3. The highest BCUT2D eigenvalue weighted by Crippen LogP contribution is 2.35. The molecule has 1 N–H and O–H groups in total. The predicted molar refractivity (Wildman–Crippen MR) is 73.3 cm³/mol. The van der Waals surface area contributed by atoms with Crippen LogP contribution in [0, 0.1) is 0 Å². The molecule has 0 aliphatic rings. The van der Waals surface area contributed by atoms with Gasteiger partial charge in [0.15, 0.2) is 0 Å². The molecular formula is C12H10BrF3N2S. The van der Waals surface area contributed by atoms with Crippen LogP contribution in [0.2, 0.25) is 0 Å². The number of aromatic nitrogens is 1. The third kappa shape index (κ3) is 3.48. The molecule has 0 spiro atoms. The SMILES string of the molecule is CC(Nc1cc(C(F)(F)F)ccc1Br)c1cncs1. The van der Waals surface area contributed by atoms with E-state index in [2.05, 4.69) is 26.2 Å². The van der Waals surface area contributed by atoms with Crippen molar-refractivity contribution in [3.05, 3.63) is 44.8 Å². The van der Waals surface area contributed by atoms with E-state index in [0.717, 1.165) is 17.0 Å². The van der Waals surface area contributed by atoms with Crippen molar-refractivity contribution in [2.45, 2.75) is 19.1 Å². The summed E-state index contributed by atoms with van der Waals surface area (Å²) in [4.78, 5) is 4.91. The second-order valence-electron chi connectivity index (χ2n) is 3.96. The molecule has 1 atom stereocenters. The molecule has 2 nitrogen and oxygen atoms in total. The lowest BCUT2D eigenvalue weighted by atomic mass is 10.2. The minimum Gasteiger partial charge on any atom is -0.377 e. The summed E-state index contributed by atoms with van der Waals surface area (Å²) in [5.74, 6) is 0. The molecule has 0 radical (unpaired) electrons. The summed E-state index contributed by atoms with van der Waals surface area (Å²) in [6.45, 7) is 1.88. The second-order valence-corrected chi connectivity index (χ2v) is 5.73. The number of alkyl halides is 3. The molecule has 1 heterocycles. The van der Waals surface area contributed by atoms with Gasteiger partial charge < -0.3 is 5.32 Å². The lowest BCUT2D eigenvalue weighted by molar-refractivity contribution is -0.137. The Hall–Kier alpha value is -1.08. The lowest BCUT2D eigenvalue weighted by Crippen LogP contribution is -2.09. The molecule has 2 aromatic rings. The molecular weight excluding hydrogens is 341 g/mol. The second kappa shape index (κ2) is 5.50. The van der Waals surface area contributed by atoms with Gasteiger partial charge in [-0.3, -0.25) is 4.98 Å². The minimum absolute atomic E-state index is 0.104. The zero-order valence-electron chi connectivity index (χ0n) is 9.83. The van der Waals surface area contributed by atoms with Crippen LogP contribution < -0.4 is 5.32 Å². The minimum atomic E-state index is -4.34. The monoisotopic (exact) mass is 350 g/mol. The largest absolute Gasteiger partial charge is 0.416 e. The summed E-state index contributed by atoms with van der Waals surface area (Å²) in [5, 5.41) is 3.05. The molecule has 19 heavy (non-hydrogen) atoms. The van der Waals surface area contributed by atoms with Crippen LogP contribution in [-0.4, -0.2) is 4.98 Å². The van der Waals surface area contributed by atoms with E-state index in [1.165, 1.54) is 17.4 Å². The molecule has 2 rings (SSSR count). The van der Waals surface area contributed by atoms with Gasteiger partial charge in [-0.25, -0.2) is 0 Å². The topological polar surface area (TPSA) is 24.9 Å². The summed E-state index contributed by atoms with van der Waals surface area (Å²) in [7, 11) is 0. The molecule has 0 fully saturated rings. The number of anilines is 1. The van der Waals surface area contributed by atoms with Crippen LogP contribution in [0.5, 0.6) is 0 Å². The first-order chi connectivity index (χ1) is 8.88. The Morgan fingerprint density at radius 1 is 1.37 bits per heavy atom. The Bertz CT molecular complexity index is 555. The average Bonchev–Trinajstić information content (AvgIpc) is 2.84. The summed E-state index contributed by atoms with van der Waals surface area (Å²) >= 11 is 4.70. The number of thiazole rings is 1. The zero-order valence-corrected chi connectivity index (χ0v) is 12.2. The standard InChI is InChI=1S/C12H10BrF3N2S/c1-7(11-5-17-6-19-11)18-10-4-8(12(14,15)16)2-3-9(10)13/h2-7,18H,1H3. The number of benzene rings is 1. The molecule has 0 bridgehead atoms. The summed E-state index contributed by atoms with van der Waals surface area (Å²) in [6, 6.07) is 3.44. The van der Waals surface area contributed by atoms with Crippen LogP contribution in [0.25, 0.3) is 0 Å². The van der Waals surface area contributed by atoms with Gasteiger partial charge in [-0.2, -0.15) is 13.2 Å². The van der Waals surface area contributed by atoms with E-state index in [1.54, 1.807) is 11.7 Å². The van der Waals surface area contributed by atoms with Gasteiger partial charge >= 0.3 is 6.18 Å². The summed E-state index contributed by atoms with van der Waals surface area (Å²) in [6.07, 6.45) is -2.64. The highest BCUT2D eigenvalue weighted by molar-refractivity contribution is 9.10. The van der Waals surface area contributed by atoms with Gasteiger partial charge in [0, 0.05) is 21.2 Å². The molecule has 7 heteroatoms. The number of nitrogens with one attached hydrogen (secondary N) is 1. The first-order valence-corrected chi connectivity index (χ1v) is 7.07. The van der Waals surface area contributed by atoms with E-state index in [0.29, 0.717) is 10.2 Å². The van der Waals surface area contributed by atoms with Gasteiger partial charge in [0.1, 0.15) is 0 Å². The third-order valence-electron chi connectivity index (χ3n) is 2.54. The maximum absolute atomic E-state index is 12.7. The van der Waals surface area contributed by atoms with Crippen molar-refractivity contribution in [1.82, 2.24) is 4.98 Å². The number of halogens is 4. The fourth-order valence-corrected chi connectivity index (χ4v) is 2.55. The molecule has 0 amide bonds. The number of hydrogen-bond acceptors (Lipinski definition) is 3. The van der Waals surface area contributed by atoms with E-state index in [9.17, 15) is 13.2 Å². The Balaban J connectivity index is 2.25. The number of rotatable bonds is 3. The lowest BCUT2D eigenvalue weighted by Gasteiger charge is -2.16. The van der Waals surface area contributed by atoms with Gasteiger partial charge in [0.05, 0.1) is 17.1 Å². The van der Waals surface area contributed by atoms with E-state index < -0.39 is 11.7 Å². The highest BCUT2D eigenvalue weighted by atomic mass is 79.9. The summed E-state index contributed by atoms with van der Waals surface area (Å²) < 4.78 is 38.6. The molecule has 102 valence electrons. The molecule has 0 aliphatic heterocycles. The van der Waals surface area contributed by atoms with E-state index in [-0.39, 0.29) is 6.04 Å². The molecule has 0 saturated heterocycles. The first kappa shape index (κ1) is 14.3. The predicted octanol–water partition coefficient (Wildman–Crippen LogP) is 5.10. The van der Waals surface area contributed by atoms with Gasteiger partial charge in [-0.15, -0.1) is 11.3 Å². The first-order valence-electron chi connectivity index (χ1n) is 5.39. The van der Waals surface area contributed by atoms with Gasteiger partial charge in [-0.05, 0) is 41.1 Å². The molecule has 0 aliphatic carbocycles. The van der Waals surface area contributed by atoms with E-state index >= 15 is 0 Å². The van der Waals surface area contributed by atoms with Crippen LogP contribution >= 0.6 is 27.3 Å². The van der Waals surface area contributed by atoms with Gasteiger partial charge in [0.2, 0.25) is 0 Å². The Labute approximate surface area is 120 Å². The van der Waals surface area contributed by atoms with Crippen LogP contribution in [0.4, 0.5) is 18.9 Å². The van der Waals surface area contributed by atoms with Crippen LogP contribution in [0.3, 0.4) is 0 Å². The Morgan fingerprint density at radius 2 is 2.11 bits per heavy atom. The molecule has 1 aromatic heterocycles. The van der Waals surface area contributed by atoms with E-state index in [4.69, 9.17) is 0 Å². The third-order valence-corrected chi connectivity index (χ3v) is 4.19. The van der Waals surface area contributed by atoms with Crippen molar-refractivity contribution in [2.75, 3.05) is 5.32 Å². The number of hydrogen-bond donors (Lipinski definition) is 1. The zero-order chi connectivity index (χ0) is 14.0. The Kier molecular flexibility index (Phi) is 4.15. The van der Waals surface area contributed by atoms with Crippen molar-refractivity contribution >= 4 is 33.0 Å². The van der Waals surface area contributed by atoms with Crippen LogP contribution in [0.1, 0.15) is 23.4 Å². The summed E-state index contributed by atoms with van der Waals surface area (Å²) in [5.41, 5.74) is 1.43. The van der Waals surface area contributed by atoms with Crippen LogP contribution in [-0.2, 0) is 6.18 Å². The fraction of sp³-hybridized carbons (Fsp3) is 0.250. The van der Waals surface area contributed by atoms with Crippen molar-refractivity contribution in [3.8, 4) is 0 Å². The smallest absolute Gasteiger partial charge is 0.377 e. The Morgan fingerprint density at radius 3 is 2.68 bits per heavy atom. The maximum Gasteiger partial charge on any atom is 0.416 e. The fourth-order valence-electron chi connectivity index (χ4n) is 1.56. The highest BCUT2D eigenvalue weighted by Gasteiger charge is 2.31. The average molecular weight is 351 g/mol. The van der Waals surface area contributed by atoms with E-state index in [1.807, 2.05) is 6.92 Å². The quantitative estimate of drug-likeness (QED) is 0.833. The maximum atomic E-state index is 12.7. The van der Waals surface area contributed by atoms with Crippen molar-refractivity contribution in [3.63, 3.8) is 0 Å². The van der Waals surface area contributed by atoms with Gasteiger partial charge in [-0.1, -0.05) is 0 Å². The van der Waals surface area contributed by atoms with Gasteiger partial charge in [0.25, 0.3) is 0 Å². The van der Waals surface area contributed by atoms with Crippen molar-refractivity contribution in [1.29, 1.82) is 0 Å². The molecule has 1 unspecified atom stereocenters. The van der Waals surface area contributed by atoms with Crippen molar-refractivity contribution < 1.29 is 13.2 Å². The van der Waals surface area contributed by atoms with Crippen molar-refractivity contribution in [2.24, 2.45) is 0 Å².